The van der Waals surface area contributed by atoms with Crippen molar-refractivity contribution in [3.8, 4) is 11.3 Å². The van der Waals surface area contributed by atoms with E-state index in [1.165, 1.54) is 0 Å². The minimum absolute atomic E-state index is 0.0913. The highest BCUT2D eigenvalue weighted by molar-refractivity contribution is 5.94. The van der Waals surface area contributed by atoms with Crippen molar-refractivity contribution in [3.05, 3.63) is 75.8 Å². The minimum Gasteiger partial charge on any atom is -0.346 e. The molecule has 0 unspecified atom stereocenters. The number of rotatable bonds is 4. The van der Waals surface area contributed by atoms with Crippen molar-refractivity contribution in [2.24, 2.45) is 7.05 Å². The third-order valence-corrected chi connectivity index (χ3v) is 3.84. The molecular weight excluding hydrogens is 304 g/mol. The van der Waals surface area contributed by atoms with E-state index in [9.17, 15) is 9.59 Å². The molecule has 1 aromatic carbocycles. The number of H-pyrrole nitrogens is 1. The normalized spacial score (nSPS) is 10.6. The molecule has 2 N–H and O–H groups in total. The number of nitrogens with one attached hydrogen (secondary N) is 2. The van der Waals surface area contributed by atoms with E-state index in [1.54, 1.807) is 30.1 Å². The Hall–Kier alpha value is -3.15. The smallest absolute Gasteiger partial charge is 0.261 e. The van der Waals surface area contributed by atoms with E-state index < -0.39 is 11.5 Å². The van der Waals surface area contributed by atoms with Crippen LogP contribution in [0.1, 0.15) is 21.6 Å². The molecule has 24 heavy (non-hydrogen) atoms. The van der Waals surface area contributed by atoms with Gasteiger partial charge in [0.25, 0.3) is 11.5 Å². The Morgan fingerprint density at radius 3 is 2.75 bits per heavy atom. The maximum absolute atomic E-state index is 12.2. The fourth-order valence-electron chi connectivity index (χ4n) is 2.47. The number of nitrogens with zero attached hydrogens (tertiary/aromatic N) is 2. The number of amides is 1. The first kappa shape index (κ1) is 15.7. The summed E-state index contributed by atoms with van der Waals surface area (Å²) in [6.07, 6.45) is 1.66. The van der Waals surface area contributed by atoms with E-state index in [0.717, 1.165) is 16.8 Å². The number of carbonyl (C=O) groups is 1. The molecule has 122 valence electrons. The molecule has 0 aliphatic carbocycles. The Kier molecular flexibility index (Phi) is 4.29. The van der Waals surface area contributed by atoms with Crippen molar-refractivity contribution < 1.29 is 4.79 Å². The van der Waals surface area contributed by atoms with Crippen LogP contribution in [0.15, 0.2) is 53.5 Å². The molecule has 0 fully saturated rings. The van der Waals surface area contributed by atoms with Crippen LogP contribution in [0.3, 0.4) is 0 Å². The predicted octanol–water partition coefficient (Wildman–Crippen LogP) is 2.01. The fourth-order valence-corrected chi connectivity index (χ4v) is 2.47. The van der Waals surface area contributed by atoms with Gasteiger partial charge in [-0.2, -0.15) is 5.10 Å². The van der Waals surface area contributed by atoms with Gasteiger partial charge in [0.15, 0.2) is 0 Å². The lowest BCUT2D eigenvalue weighted by molar-refractivity contribution is 0.0948. The van der Waals surface area contributed by atoms with Crippen molar-refractivity contribution in [1.82, 2.24) is 20.1 Å². The van der Waals surface area contributed by atoms with Gasteiger partial charge >= 0.3 is 0 Å². The standard InChI is InChI=1S/C18H18N4O2/c1-12-4-3-5-13(10-12)16-7-6-15(18(24)21-16)17(23)19-11-14-8-9-20-22(14)2/h3-10H,11H2,1-2H3,(H,19,23)(H,21,24). The van der Waals surface area contributed by atoms with Crippen molar-refractivity contribution in [2.75, 3.05) is 0 Å². The van der Waals surface area contributed by atoms with Gasteiger partial charge in [-0.05, 0) is 36.8 Å². The minimum atomic E-state index is -0.409. The maximum atomic E-state index is 12.2. The Labute approximate surface area is 139 Å². The number of carbonyl (C=O) groups excluding carboxylic acids is 1. The number of aromatic amines is 1. The maximum Gasteiger partial charge on any atom is 0.261 e. The predicted molar refractivity (Wildman–Crippen MR) is 91.6 cm³/mol. The molecule has 0 radical (unpaired) electrons. The molecule has 3 rings (SSSR count). The monoisotopic (exact) mass is 322 g/mol. The zero-order valence-corrected chi connectivity index (χ0v) is 13.5. The first-order valence-corrected chi connectivity index (χ1v) is 7.60. The Bertz CT molecular complexity index is 940. The largest absolute Gasteiger partial charge is 0.346 e. The van der Waals surface area contributed by atoms with Crippen LogP contribution in [0, 0.1) is 6.92 Å². The molecule has 6 heteroatoms. The molecule has 0 saturated heterocycles. The molecule has 0 spiro atoms. The van der Waals surface area contributed by atoms with E-state index in [4.69, 9.17) is 0 Å². The summed E-state index contributed by atoms with van der Waals surface area (Å²) < 4.78 is 1.67. The first-order valence-electron chi connectivity index (χ1n) is 7.60. The molecule has 6 nitrogen and oxygen atoms in total. The summed E-state index contributed by atoms with van der Waals surface area (Å²) in [5.41, 5.74) is 3.24. The summed E-state index contributed by atoms with van der Waals surface area (Å²) >= 11 is 0. The highest BCUT2D eigenvalue weighted by Crippen LogP contribution is 2.16. The van der Waals surface area contributed by atoms with Crippen molar-refractivity contribution in [1.29, 1.82) is 0 Å². The van der Waals surface area contributed by atoms with Gasteiger partial charge in [-0.1, -0.05) is 23.8 Å². The van der Waals surface area contributed by atoms with Crippen LogP contribution in [-0.4, -0.2) is 20.7 Å². The molecule has 2 aromatic heterocycles. The van der Waals surface area contributed by atoms with Crippen molar-refractivity contribution in [2.45, 2.75) is 13.5 Å². The van der Waals surface area contributed by atoms with Gasteiger partial charge in [0, 0.05) is 18.9 Å². The van der Waals surface area contributed by atoms with E-state index in [2.05, 4.69) is 15.4 Å². The second kappa shape index (κ2) is 6.54. The van der Waals surface area contributed by atoms with Gasteiger partial charge in [-0.15, -0.1) is 0 Å². The van der Waals surface area contributed by atoms with Crippen LogP contribution in [-0.2, 0) is 13.6 Å². The highest BCUT2D eigenvalue weighted by atomic mass is 16.2. The van der Waals surface area contributed by atoms with Gasteiger partial charge in [0.05, 0.1) is 12.2 Å². The Balaban J connectivity index is 1.78. The second-order valence-corrected chi connectivity index (χ2v) is 5.61. The van der Waals surface area contributed by atoms with Crippen LogP contribution in [0.5, 0.6) is 0 Å². The summed E-state index contributed by atoms with van der Waals surface area (Å²) in [7, 11) is 1.80. The van der Waals surface area contributed by atoms with E-state index in [0.29, 0.717) is 12.2 Å². The van der Waals surface area contributed by atoms with E-state index in [1.807, 2.05) is 37.3 Å². The summed E-state index contributed by atoms with van der Waals surface area (Å²) in [4.78, 5) is 27.2. The molecule has 3 aromatic rings. The third-order valence-electron chi connectivity index (χ3n) is 3.84. The topological polar surface area (TPSA) is 79.8 Å². The zero-order valence-electron chi connectivity index (χ0n) is 13.5. The summed E-state index contributed by atoms with van der Waals surface area (Å²) in [5, 5.41) is 6.77. The molecule has 0 aliphatic rings. The molecule has 2 heterocycles. The number of pyridine rings is 1. The molecule has 0 bridgehead atoms. The number of benzene rings is 1. The van der Waals surface area contributed by atoms with Crippen LogP contribution in [0.25, 0.3) is 11.3 Å². The van der Waals surface area contributed by atoms with Crippen LogP contribution >= 0.6 is 0 Å². The lowest BCUT2D eigenvalue weighted by Gasteiger charge is -2.07. The summed E-state index contributed by atoms with van der Waals surface area (Å²) in [5.74, 6) is -0.409. The van der Waals surface area contributed by atoms with Crippen molar-refractivity contribution >= 4 is 5.91 Å². The lowest BCUT2D eigenvalue weighted by atomic mass is 10.1. The number of hydrogen-bond donors (Lipinski definition) is 2. The number of aryl methyl sites for hydroxylation is 2. The average Bonchev–Trinajstić information content (AvgIpc) is 2.97. The van der Waals surface area contributed by atoms with E-state index in [-0.39, 0.29) is 5.56 Å². The van der Waals surface area contributed by atoms with Gasteiger partial charge in [0.1, 0.15) is 5.56 Å². The summed E-state index contributed by atoms with van der Waals surface area (Å²) in [6.45, 7) is 2.30. The van der Waals surface area contributed by atoms with Crippen molar-refractivity contribution in [3.63, 3.8) is 0 Å². The van der Waals surface area contributed by atoms with Gasteiger partial charge in [0.2, 0.25) is 0 Å². The Morgan fingerprint density at radius 2 is 2.08 bits per heavy atom. The Morgan fingerprint density at radius 1 is 1.25 bits per heavy atom. The first-order chi connectivity index (χ1) is 11.5. The van der Waals surface area contributed by atoms with Crippen LogP contribution in [0.2, 0.25) is 0 Å². The SMILES string of the molecule is Cc1cccc(-c2ccc(C(=O)NCc3ccnn3C)c(=O)[nH]2)c1. The third kappa shape index (κ3) is 3.27. The lowest BCUT2D eigenvalue weighted by Crippen LogP contribution is -2.29. The average molecular weight is 322 g/mol. The second-order valence-electron chi connectivity index (χ2n) is 5.61. The van der Waals surface area contributed by atoms with Gasteiger partial charge in [-0.3, -0.25) is 14.3 Å². The number of aromatic nitrogens is 3. The van der Waals surface area contributed by atoms with Crippen LogP contribution in [0.4, 0.5) is 0 Å². The zero-order chi connectivity index (χ0) is 17.1. The fraction of sp³-hybridized carbons (Fsp3) is 0.167. The highest BCUT2D eigenvalue weighted by Gasteiger charge is 2.12. The molecule has 0 aliphatic heterocycles. The molecular formula is C18H18N4O2. The number of hydrogen-bond acceptors (Lipinski definition) is 3. The molecule has 0 atom stereocenters. The molecule has 0 saturated carbocycles. The quantitative estimate of drug-likeness (QED) is 0.771. The summed E-state index contributed by atoms with van der Waals surface area (Å²) in [6, 6.07) is 12.9. The molecule has 1 amide bonds. The van der Waals surface area contributed by atoms with Gasteiger partial charge in [-0.25, -0.2) is 0 Å². The van der Waals surface area contributed by atoms with Gasteiger partial charge < -0.3 is 10.3 Å². The van der Waals surface area contributed by atoms with E-state index >= 15 is 0 Å². The van der Waals surface area contributed by atoms with Crippen LogP contribution < -0.4 is 10.9 Å².